The van der Waals surface area contributed by atoms with E-state index in [1.165, 1.54) is 5.56 Å². The van der Waals surface area contributed by atoms with E-state index in [1.54, 1.807) is 7.05 Å². The molecule has 1 atom stereocenters. The number of guanidine groups is 1. The zero-order chi connectivity index (χ0) is 15.6. The van der Waals surface area contributed by atoms with E-state index in [4.69, 9.17) is 9.47 Å². The molecule has 5 nitrogen and oxygen atoms in total. The third kappa shape index (κ3) is 5.56. The van der Waals surface area contributed by atoms with Crippen LogP contribution >= 0.6 is 0 Å². The molecule has 0 spiro atoms. The van der Waals surface area contributed by atoms with Gasteiger partial charge in [-0.3, -0.25) is 4.99 Å². The van der Waals surface area contributed by atoms with Gasteiger partial charge >= 0.3 is 0 Å². The van der Waals surface area contributed by atoms with Crippen molar-refractivity contribution in [2.24, 2.45) is 4.99 Å². The van der Waals surface area contributed by atoms with Gasteiger partial charge in [0.05, 0.1) is 12.7 Å². The van der Waals surface area contributed by atoms with E-state index in [9.17, 15) is 0 Å². The fourth-order valence-electron chi connectivity index (χ4n) is 2.42. The first-order valence-corrected chi connectivity index (χ1v) is 8.04. The molecule has 0 aliphatic carbocycles. The van der Waals surface area contributed by atoms with Crippen molar-refractivity contribution in [2.75, 3.05) is 33.4 Å². The van der Waals surface area contributed by atoms with Crippen LogP contribution in [0.15, 0.2) is 29.3 Å². The molecule has 1 heterocycles. The van der Waals surface area contributed by atoms with Crippen LogP contribution in [-0.2, 0) is 4.74 Å². The van der Waals surface area contributed by atoms with Crippen molar-refractivity contribution in [3.05, 3.63) is 29.8 Å². The molecule has 1 saturated heterocycles. The van der Waals surface area contributed by atoms with Gasteiger partial charge in [0, 0.05) is 26.7 Å². The lowest BCUT2D eigenvalue weighted by atomic mass is 10.2. The summed E-state index contributed by atoms with van der Waals surface area (Å²) in [6, 6.07) is 8.08. The third-order valence-electron chi connectivity index (χ3n) is 3.71. The smallest absolute Gasteiger partial charge is 0.191 e. The number of ether oxygens (including phenoxy) is 2. The summed E-state index contributed by atoms with van der Waals surface area (Å²) < 4.78 is 11.4. The van der Waals surface area contributed by atoms with Gasteiger partial charge in [-0.15, -0.1) is 0 Å². The fourth-order valence-corrected chi connectivity index (χ4v) is 2.42. The molecule has 0 amide bonds. The van der Waals surface area contributed by atoms with Crippen LogP contribution in [0.3, 0.4) is 0 Å². The number of rotatable bonds is 7. The van der Waals surface area contributed by atoms with Crippen molar-refractivity contribution in [3.8, 4) is 5.75 Å². The molecular formula is C17H27N3O2. The third-order valence-corrected chi connectivity index (χ3v) is 3.71. The predicted octanol–water partition coefficient (Wildman–Crippen LogP) is 2.11. The quantitative estimate of drug-likeness (QED) is 0.460. The van der Waals surface area contributed by atoms with E-state index in [1.807, 2.05) is 18.2 Å². The van der Waals surface area contributed by atoms with Crippen LogP contribution in [0.25, 0.3) is 0 Å². The lowest BCUT2D eigenvalue weighted by Gasteiger charge is -2.15. The largest absolute Gasteiger partial charge is 0.493 e. The number of nitrogens with zero attached hydrogens (tertiary/aromatic N) is 1. The van der Waals surface area contributed by atoms with E-state index >= 15 is 0 Å². The van der Waals surface area contributed by atoms with Crippen molar-refractivity contribution >= 4 is 5.96 Å². The Balaban J connectivity index is 1.57. The minimum atomic E-state index is 0.322. The summed E-state index contributed by atoms with van der Waals surface area (Å²) in [4.78, 5) is 4.22. The summed E-state index contributed by atoms with van der Waals surface area (Å²) in [5.74, 6) is 1.79. The Morgan fingerprint density at radius 1 is 1.36 bits per heavy atom. The number of benzene rings is 1. The van der Waals surface area contributed by atoms with Crippen molar-refractivity contribution in [1.82, 2.24) is 10.6 Å². The van der Waals surface area contributed by atoms with E-state index in [2.05, 4.69) is 28.6 Å². The van der Waals surface area contributed by atoms with Gasteiger partial charge in [-0.05, 0) is 37.8 Å². The molecule has 0 bridgehead atoms. The Bertz CT molecular complexity index is 471. The second-order valence-electron chi connectivity index (χ2n) is 5.48. The molecule has 0 radical (unpaired) electrons. The van der Waals surface area contributed by atoms with Gasteiger partial charge in [-0.25, -0.2) is 0 Å². The fraction of sp³-hybridized carbons (Fsp3) is 0.588. The van der Waals surface area contributed by atoms with Gasteiger partial charge in [0.2, 0.25) is 0 Å². The van der Waals surface area contributed by atoms with Gasteiger partial charge in [-0.2, -0.15) is 0 Å². The predicted molar refractivity (Wildman–Crippen MR) is 89.6 cm³/mol. The van der Waals surface area contributed by atoms with Crippen molar-refractivity contribution in [1.29, 1.82) is 0 Å². The van der Waals surface area contributed by atoms with Gasteiger partial charge in [0.15, 0.2) is 5.96 Å². The lowest BCUT2D eigenvalue weighted by Crippen LogP contribution is -2.41. The molecule has 2 rings (SSSR count). The summed E-state index contributed by atoms with van der Waals surface area (Å²) in [5, 5.41) is 6.60. The number of para-hydroxylation sites is 1. The molecule has 0 saturated carbocycles. The Morgan fingerprint density at radius 3 is 2.95 bits per heavy atom. The summed E-state index contributed by atoms with van der Waals surface area (Å²) in [6.45, 7) is 5.29. The summed E-state index contributed by atoms with van der Waals surface area (Å²) >= 11 is 0. The highest BCUT2D eigenvalue weighted by atomic mass is 16.5. The van der Waals surface area contributed by atoms with Gasteiger partial charge in [0.25, 0.3) is 0 Å². The first-order chi connectivity index (χ1) is 10.8. The highest BCUT2D eigenvalue weighted by molar-refractivity contribution is 5.79. The molecular weight excluding hydrogens is 278 g/mol. The van der Waals surface area contributed by atoms with Gasteiger partial charge < -0.3 is 20.1 Å². The molecule has 22 heavy (non-hydrogen) atoms. The number of nitrogens with one attached hydrogen (secondary N) is 2. The summed E-state index contributed by atoms with van der Waals surface area (Å²) in [6.07, 6.45) is 3.54. The normalized spacial score (nSPS) is 18.3. The second kappa shape index (κ2) is 9.30. The Morgan fingerprint density at radius 2 is 2.23 bits per heavy atom. The topological polar surface area (TPSA) is 54.9 Å². The summed E-state index contributed by atoms with van der Waals surface area (Å²) in [7, 11) is 1.79. The Kier molecular flexibility index (Phi) is 7.03. The van der Waals surface area contributed by atoms with Crippen LogP contribution < -0.4 is 15.4 Å². The van der Waals surface area contributed by atoms with Crippen LogP contribution in [0.1, 0.15) is 24.8 Å². The van der Waals surface area contributed by atoms with Gasteiger partial charge in [-0.1, -0.05) is 18.2 Å². The van der Waals surface area contributed by atoms with Crippen molar-refractivity contribution in [3.63, 3.8) is 0 Å². The Labute approximate surface area is 133 Å². The lowest BCUT2D eigenvalue weighted by molar-refractivity contribution is 0.114. The molecule has 1 fully saturated rings. The molecule has 0 aromatic heterocycles. The molecule has 1 unspecified atom stereocenters. The van der Waals surface area contributed by atoms with Crippen LogP contribution in [-0.4, -0.2) is 45.4 Å². The maximum atomic E-state index is 5.77. The molecule has 2 N–H and O–H groups in total. The molecule has 5 heteroatoms. The maximum absolute atomic E-state index is 5.77. The average Bonchev–Trinajstić information content (AvgIpc) is 3.05. The van der Waals surface area contributed by atoms with Crippen LogP contribution in [0, 0.1) is 6.92 Å². The second-order valence-corrected chi connectivity index (χ2v) is 5.48. The van der Waals surface area contributed by atoms with E-state index in [0.717, 1.165) is 50.7 Å². The monoisotopic (exact) mass is 305 g/mol. The number of hydrogen-bond donors (Lipinski definition) is 2. The minimum Gasteiger partial charge on any atom is -0.493 e. The number of hydrogen-bond acceptors (Lipinski definition) is 3. The number of aliphatic imine (C=N–C) groups is 1. The molecule has 1 aliphatic rings. The first-order valence-electron chi connectivity index (χ1n) is 8.04. The van der Waals surface area contributed by atoms with E-state index in [0.29, 0.717) is 12.7 Å². The van der Waals surface area contributed by atoms with Crippen molar-refractivity contribution < 1.29 is 9.47 Å². The van der Waals surface area contributed by atoms with E-state index < -0.39 is 0 Å². The molecule has 1 aromatic rings. The zero-order valence-electron chi connectivity index (χ0n) is 13.6. The van der Waals surface area contributed by atoms with Crippen molar-refractivity contribution in [2.45, 2.75) is 32.3 Å². The average molecular weight is 305 g/mol. The molecule has 1 aromatic carbocycles. The standard InChI is InChI=1S/C17H27N3O2/c1-14-7-3-4-9-16(14)22-12-6-10-19-17(18-2)20-13-15-8-5-11-21-15/h3-4,7,9,15H,5-6,8,10-13H2,1-2H3,(H2,18,19,20). The molecule has 122 valence electrons. The minimum absolute atomic E-state index is 0.322. The first kappa shape index (κ1) is 16.6. The number of aryl methyl sites for hydroxylation is 1. The Hall–Kier alpha value is -1.75. The van der Waals surface area contributed by atoms with E-state index in [-0.39, 0.29) is 0 Å². The van der Waals surface area contributed by atoms with Crippen LogP contribution in [0.2, 0.25) is 0 Å². The highest BCUT2D eigenvalue weighted by Crippen LogP contribution is 2.16. The summed E-state index contributed by atoms with van der Waals surface area (Å²) in [5.41, 5.74) is 1.17. The molecule has 1 aliphatic heterocycles. The SMILES string of the molecule is CN=C(NCCCOc1ccccc1C)NCC1CCCO1. The maximum Gasteiger partial charge on any atom is 0.191 e. The zero-order valence-corrected chi connectivity index (χ0v) is 13.6. The van der Waals surface area contributed by atoms with Crippen LogP contribution in [0.5, 0.6) is 5.75 Å². The van der Waals surface area contributed by atoms with Crippen LogP contribution in [0.4, 0.5) is 0 Å². The van der Waals surface area contributed by atoms with Gasteiger partial charge in [0.1, 0.15) is 5.75 Å². The highest BCUT2D eigenvalue weighted by Gasteiger charge is 2.15.